The van der Waals surface area contributed by atoms with Crippen LogP contribution >= 0.6 is 0 Å². The molecule has 0 radical (unpaired) electrons. The van der Waals surface area contributed by atoms with Gasteiger partial charge in [0.15, 0.2) is 0 Å². The summed E-state index contributed by atoms with van der Waals surface area (Å²) in [5, 5.41) is 12.6. The molecule has 2 heterocycles. The molecule has 10 heteroatoms. The number of aryl methyl sites for hydroxylation is 1. The number of carbonyl (C=O) groups is 1. The van der Waals surface area contributed by atoms with Gasteiger partial charge in [-0.1, -0.05) is 19.1 Å². The molecule has 2 aliphatic rings. The Labute approximate surface area is 208 Å². The lowest BCUT2D eigenvalue weighted by Gasteiger charge is -2.33. The number of amides is 1. The highest BCUT2D eigenvalue weighted by molar-refractivity contribution is 6.43. The van der Waals surface area contributed by atoms with Crippen molar-refractivity contribution in [2.45, 2.75) is 38.9 Å². The molecule has 1 aromatic carbocycles. The standard InChI is InChI=1S/C26H30F3N5O2/c1-3-24(34-8-10-36-11-9-34)19(16-31)12-18(15-30)22-14-21(5-4-17(22)2)33-25(35)23-13-20(6-7-32-23)26(27,28)29/h4-7,12,14-15,20,24H,3,8-11,13,30H2,1-2H3,(H,33,35)/b18-15+,19-12-. The zero-order valence-electron chi connectivity index (χ0n) is 20.3. The zero-order chi connectivity index (χ0) is 26.3. The van der Waals surface area contributed by atoms with E-state index in [4.69, 9.17) is 10.5 Å². The third-order valence-electron chi connectivity index (χ3n) is 6.30. The molecular formula is C26H30F3N5O2. The molecule has 192 valence electrons. The number of nitrogens with one attached hydrogen (secondary N) is 1. The van der Waals surface area contributed by atoms with E-state index in [1.807, 2.05) is 13.8 Å². The highest BCUT2D eigenvalue weighted by Gasteiger charge is 2.40. The van der Waals surface area contributed by atoms with Crippen LogP contribution in [-0.4, -0.2) is 55.0 Å². The fraction of sp³-hybridized carbons (Fsp3) is 0.423. The predicted octanol–water partition coefficient (Wildman–Crippen LogP) is 4.33. The largest absolute Gasteiger partial charge is 0.404 e. The lowest BCUT2D eigenvalue weighted by molar-refractivity contribution is -0.159. The first-order valence-corrected chi connectivity index (χ1v) is 11.8. The van der Waals surface area contributed by atoms with E-state index in [0.29, 0.717) is 35.6 Å². The number of hydrogen-bond acceptors (Lipinski definition) is 6. The van der Waals surface area contributed by atoms with E-state index >= 15 is 0 Å². The number of rotatable bonds is 7. The Bertz CT molecular complexity index is 1130. The van der Waals surface area contributed by atoms with E-state index in [1.165, 1.54) is 6.20 Å². The molecule has 0 aromatic heterocycles. The van der Waals surface area contributed by atoms with Crippen molar-refractivity contribution < 1.29 is 22.7 Å². The molecule has 7 nitrogen and oxygen atoms in total. The maximum absolute atomic E-state index is 13.1. The molecule has 0 spiro atoms. The number of benzene rings is 1. The molecule has 2 aliphatic heterocycles. The Hall–Kier alpha value is -3.42. The minimum absolute atomic E-state index is 0.0870. The van der Waals surface area contributed by atoms with Crippen LogP contribution in [0, 0.1) is 24.2 Å². The Morgan fingerprint density at radius 1 is 1.39 bits per heavy atom. The molecule has 0 saturated carbocycles. The lowest BCUT2D eigenvalue weighted by atomic mass is 9.95. The van der Waals surface area contributed by atoms with Gasteiger partial charge in [-0.05, 0) is 48.3 Å². The molecule has 1 saturated heterocycles. The molecule has 0 bridgehead atoms. The molecule has 1 aromatic rings. The van der Waals surface area contributed by atoms with Gasteiger partial charge in [-0.15, -0.1) is 0 Å². The summed E-state index contributed by atoms with van der Waals surface area (Å²) < 4.78 is 44.6. The number of morpholine rings is 1. The van der Waals surface area contributed by atoms with Gasteiger partial charge in [-0.3, -0.25) is 14.7 Å². The zero-order valence-corrected chi connectivity index (χ0v) is 20.3. The van der Waals surface area contributed by atoms with Gasteiger partial charge in [0.1, 0.15) is 5.71 Å². The average molecular weight is 502 g/mol. The van der Waals surface area contributed by atoms with Gasteiger partial charge in [0.2, 0.25) is 0 Å². The summed E-state index contributed by atoms with van der Waals surface area (Å²) in [5.74, 6) is -2.45. The number of nitrogens with two attached hydrogens (primary N) is 1. The van der Waals surface area contributed by atoms with Crippen LogP contribution in [-0.2, 0) is 9.53 Å². The number of aliphatic imine (C=N–C) groups is 1. The molecule has 1 amide bonds. The normalized spacial score (nSPS) is 20.4. The van der Waals surface area contributed by atoms with Crippen LogP contribution in [0.15, 0.2) is 53.3 Å². The number of nitriles is 1. The number of anilines is 1. The molecule has 1 fully saturated rings. The van der Waals surface area contributed by atoms with E-state index < -0.39 is 24.4 Å². The van der Waals surface area contributed by atoms with Crippen molar-refractivity contribution in [3.63, 3.8) is 0 Å². The van der Waals surface area contributed by atoms with Gasteiger partial charge in [-0.25, -0.2) is 0 Å². The number of hydrogen-bond donors (Lipinski definition) is 2. The average Bonchev–Trinajstić information content (AvgIpc) is 2.88. The first-order chi connectivity index (χ1) is 17.2. The summed E-state index contributed by atoms with van der Waals surface area (Å²) in [6.07, 6.45) is 0.882. The topological polar surface area (TPSA) is 104 Å². The van der Waals surface area contributed by atoms with Crippen molar-refractivity contribution >= 4 is 22.9 Å². The van der Waals surface area contributed by atoms with Crippen LogP contribution in [0.4, 0.5) is 18.9 Å². The van der Waals surface area contributed by atoms with E-state index in [-0.39, 0.29) is 11.8 Å². The van der Waals surface area contributed by atoms with Crippen molar-refractivity contribution in [3.05, 3.63) is 59.5 Å². The minimum atomic E-state index is -4.45. The van der Waals surface area contributed by atoms with Crippen molar-refractivity contribution in [1.82, 2.24) is 4.90 Å². The summed E-state index contributed by atoms with van der Waals surface area (Å²) in [6.45, 7) is 6.57. The molecule has 2 unspecified atom stereocenters. The molecule has 36 heavy (non-hydrogen) atoms. The third-order valence-corrected chi connectivity index (χ3v) is 6.30. The summed E-state index contributed by atoms with van der Waals surface area (Å²) in [5.41, 5.74) is 8.85. The summed E-state index contributed by atoms with van der Waals surface area (Å²) in [7, 11) is 0. The van der Waals surface area contributed by atoms with E-state index in [0.717, 1.165) is 37.3 Å². The minimum Gasteiger partial charge on any atom is -0.404 e. The number of halogens is 3. The lowest BCUT2D eigenvalue weighted by Crippen LogP contribution is -2.44. The molecule has 2 atom stereocenters. The second-order valence-electron chi connectivity index (χ2n) is 8.66. The Balaban J connectivity index is 1.83. The van der Waals surface area contributed by atoms with Crippen molar-refractivity contribution in [2.24, 2.45) is 16.6 Å². The summed E-state index contributed by atoms with van der Waals surface area (Å²) in [6, 6.07) is 7.34. The van der Waals surface area contributed by atoms with E-state index in [2.05, 4.69) is 21.3 Å². The molecular weight excluding hydrogens is 471 g/mol. The molecule has 3 rings (SSSR count). The van der Waals surface area contributed by atoms with Gasteiger partial charge in [-0.2, -0.15) is 18.4 Å². The van der Waals surface area contributed by atoms with Crippen LogP contribution in [0.3, 0.4) is 0 Å². The van der Waals surface area contributed by atoms with Gasteiger partial charge in [0, 0.05) is 49.2 Å². The number of allylic oxidation sites excluding steroid dienone is 3. The molecule has 0 aliphatic carbocycles. The van der Waals surface area contributed by atoms with Crippen LogP contribution in [0.1, 0.15) is 30.9 Å². The van der Waals surface area contributed by atoms with Gasteiger partial charge >= 0.3 is 6.18 Å². The first kappa shape index (κ1) is 27.2. The van der Waals surface area contributed by atoms with Crippen molar-refractivity contribution in [2.75, 3.05) is 31.6 Å². The van der Waals surface area contributed by atoms with Crippen LogP contribution in [0.5, 0.6) is 0 Å². The fourth-order valence-electron chi connectivity index (χ4n) is 4.31. The van der Waals surface area contributed by atoms with Crippen molar-refractivity contribution in [1.29, 1.82) is 5.26 Å². The maximum Gasteiger partial charge on any atom is 0.395 e. The molecule has 3 N–H and O–H groups in total. The second-order valence-corrected chi connectivity index (χ2v) is 8.66. The highest BCUT2D eigenvalue weighted by Crippen LogP contribution is 2.32. The monoisotopic (exact) mass is 501 g/mol. The number of alkyl halides is 3. The van der Waals surface area contributed by atoms with E-state index in [9.17, 15) is 23.2 Å². The fourth-order valence-corrected chi connectivity index (χ4v) is 4.31. The number of carbonyl (C=O) groups excluding carboxylic acids is 1. The number of ether oxygens (including phenoxy) is 1. The predicted molar refractivity (Wildman–Crippen MR) is 133 cm³/mol. The maximum atomic E-state index is 13.1. The SMILES string of the molecule is CCC(/C(C#N)=C\C(=C/N)c1cc(NC(=O)C2=NC=CC(C(F)(F)F)C2)ccc1C)N1CCOCC1. The summed E-state index contributed by atoms with van der Waals surface area (Å²) >= 11 is 0. The van der Waals surface area contributed by atoms with Crippen molar-refractivity contribution in [3.8, 4) is 6.07 Å². The van der Waals surface area contributed by atoms with Crippen LogP contribution < -0.4 is 11.1 Å². The Morgan fingerprint density at radius 2 is 2.11 bits per heavy atom. The van der Waals surface area contributed by atoms with Gasteiger partial charge in [0.25, 0.3) is 5.91 Å². The van der Waals surface area contributed by atoms with Crippen LogP contribution in [0.2, 0.25) is 0 Å². The third kappa shape index (κ3) is 6.62. The number of nitrogens with zero attached hydrogens (tertiary/aromatic N) is 3. The van der Waals surface area contributed by atoms with Gasteiger partial charge in [0.05, 0.1) is 25.2 Å². The van der Waals surface area contributed by atoms with Crippen LogP contribution in [0.25, 0.3) is 5.57 Å². The second kappa shape index (κ2) is 12.0. The van der Waals surface area contributed by atoms with Gasteiger partial charge < -0.3 is 15.8 Å². The Kier molecular flexibility index (Phi) is 9.07. The smallest absolute Gasteiger partial charge is 0.395 e. The summed E-state index contributed by atoms with van der Waals surface area (Å²) in [4.78, 5) is 18.7. The highest BCUT2D eigenvalue weighted by atomic mass is 19.4. The Morgan fingerprint density at radius 3 is 2.72 bits per heavy atom. The first-order valence-electron chi connectivity index (χ1n) is 11.8. The quantitative estimate of drug-likeness (QED) is 0.428. The van der Waals surface area contributed by atoms with E-state index in [1.54, 1.807) is 24.3 Å².